The number of hydrogen-bond donors (Lipinski definition) is 0. The molecular weight excluding hydrogens is 475 g/mol. The van der Waals surface area contributed by atoms with Gasteiger partial charge in [-0.1, -0.05) is 121 Å². The molecule has 0 aromatic heterocycles. The molecule has 0 N–H and O–H groups in total. The fraction of sp³-hybridized carbons (Fsp3) is 0. The van der Waals surface area contributed by atoms with Gasteiger partial charge in [-0.05, 0) is 56.9 Å². The summed E-state index contributed by atoms with van der Waals surface area (Å²) in [6, 6.07) is 48.8. The minimum absolute atomic E-state index is 0.0146. The fourth-order valence-electron chi connectivity index (χ4n) is 5.97. The molecule has 2 aliphatic heterocycles. The Hall–Kier alpha value is -5.02. The van der Waals surface area contributed by atoms with Crippen LogP contribution in [0.15, 0.2) is 140 Å². The largest absolute Gasteiger partial charge is 0.458 e. The van der Waals surface area contributed by atoms with Gasteiger partial charge in [-0.15, -0.1) is 0 Å². The molecule has 182 valence electrons. The molecule has 6 aromatic rings. The minimum Gasteiger partial charge on any atom is -0.458 e. The summed E-state index contributed by atoms with van der Waals surface area (Å²) in [5, 5.41) is 0. The fourth-order valence-corrected chi connectivity index (χ4v) is 5.97. The molecule has 0 bridgehead atoms. The topological polar surface area (TPSA) is 18.5 Å². The molecule has 0 unspecified atom stereocenters. The molecule has 0 aliphatic carbocycles. The number of hydrogen-bond acceptors (Lipinski definition) is 2. The molecule has 0 saturated heterocycles. The van der Waals surface area contributed by atoms with Crippen LogP contribution in [0.25, 0.3) is 33.4 Å². The Bertz CT molecular complexity index is 1850. The first-order valence-electron chi connectivity index (χ1n) is 13.3. The number of fused-ring (bicyclic) bond motifs is 4. The molecule has 39 heavy (non-hydrogen) atoms. The van der Waals surface area contributed by atoms with Crippen LogP contribution in [0.5, 0.6) is 23.0 Å². The van der Waals surface area contributed by atoms with E-state index in [1.54, 1.807) is 0 Å². The van der Waals surface area contributed by atoms with Crippen LogP contribution in [0.1, 0.15) is 0 Å². The van der Waals surface area contributed by atoms with Crippen molar-refractivity contribution in [1.82, 2.24) is 0 Å². The van der Waals surface area contributed by atoms with E-state index < -0.39 is 0 Å². The van der Waals surface area contributed by atoms with E-state index in [4.69, 9.17) is 9.47 Å². The Kier molecular flexibility index (Phi) is 4.96. The maximum absolute atomic E-state index is 6.80. The zero-order chi connectivity index (χ0) is 25.8. The average molecular weight is 498 g/mol. The number of para-hydroxylation sites is 1. The number of ether oxygens (including phenoxy) is 2. The number of benzene rings is 6. The summed E-state index contributed by atoms with van der Waals surface area (Å²) in [5.74, 6) is 3.51. The second-order valence-electron chi connectivity index (χ2n) is 10.1. The highest BCUT2D eigenvalue weighted by Gasteiger charge is 2.41. The molecule has 6 aromatic carbocycles. The molecule has 0 amide bonds. The molecule has 2 aliphatic rings. The van der Waals surface area contributed by atoms with Crippen LogP contribution in [-0.4, -0.2) is 6.71 Å². The van der Waals surface area contributed by atoms with Crippen molar-refractivity contribution in [2.75, 3.05) is 0 Å². The molecular formula is C36H23BO2. The molecule has 0 saturated carbocycles. The Balaban J connectivity index is 1.37. The Morgan fingerprint density at radius 2 is 0.974 bits per heavy atom. The van der Waals surface area contributed by atoms with Crippen molar-refractivity contribution in [1.29, 1.82) is 0 Å². The SMILES string of the molecule is c1ccc(-c2ccc3c(c2)Oc2cc(-c4ccccc4)cc4c2B3c2cccc(-c3ccccc3)c2O4)cc1. The van der Waals surface area contributed by atoms with Crippen LogP contribution >= 0.6 is 0 Å². The highest BCUT2D eigenvalue weighted by Crippen LogP contribution is 2.41. The van der Waals surface area contributed by atoms with Crippen LogP contribution in [0, 0.1) is 0 Å². The molecule has 0 fully saturated rings. The molecule has 3 heteroatoms. The minimum atomic E-state index is 0.0146. The zero-order valence-electron chi connectivity index (χ0n) is 21.2. The second-order valence-corrected chi connectivity index (χ2v) is 10.1. The number of rotatable bonds is 3. The van der Waals surface area contributed by atoms with Crippen molar-refractivity contribution in [3.8, 4) is 56.4 Å². The highest BCUT2D eigenvalue weighted by molar-refractivity contribution is 6.98. The van der Waals surface area contributed by atoms with Crippen LogP contribution < -0.4 is 25.9 Å². The van der Waals surface area contributed by atoms with Gasteiger partial charge in [-0.25, -0.2) is 0 Å². The predicted octanol–water partition coefficient (Wildman–Crippen LogP) is 7.42. The van der Waals surface area contributed by atoms with Gasteiger partial charge in [0.25, 0.3) is 6.71 Å². The van der Waals surface area contributed by atoms with E-state index >= 15 is 0 Å². The monoisotopic (exact) mass is 498 g/mol. The third-order valence-corrected chi connectivity index (χ3v) is 7.80. The summed E-state index contributed by atoms with van der Waals surface area (Å²) >= 11 is 0. The molecule has 2 heterocycles. The van der Waals surface area contributed by atoms with E-state index in [1.165, 1.54) is 5.56 Å². The smallest absolute Gasteiger partial charge is 0.260 e. The summed E-state index contributed by atoms with van der Waals surface area (Å²) in [6.45, 7) is 0.0146. The summed E-state index contributed by atoms with van der Waals surface area (Å²) in [7, 11) is 0. The van der Waals surface area contributed by atoms with Gasteiger partial charge in [-0.3, -0.25) is 0 Å². The maximum Gasteiger partial charge on any atom is 0.260 e. The lowest BCUT2D eigenvalue weighted by atomic mass is 9.34. The van der Waals surface area contributed by atoms with Crippen LogP contribution in [0.2, 0.25) is 0 Å². The van der Waals surface area contributed by atoms with Gasteiger partial charge < -0.3 is 9.47 Å². The van der Waals surface area contributed by atoms with Gasteiger partial charge in [0.05, 0.1) is 0 Å². The van der Waals surface area contributed by atoms with E-state index in [0.717, 1.165) is 67.2 Å². The molecule has 8 rings (SSSR count). The molecule has 0 spiro atoms. The van der Waals surface area contributed by atoms with Gasteiger partial charge in [0.15, 0.2) is 0 Å². The lowest BCUT2D eigenvalue weighted by Gasteiger charge is -2.34. The van der Waals surface area contributed by atoms with Crippen LogP contribution in [-0.2, 0) is 0 Å². The van der Waals surface area contributed by atoms with Crippen molar-refractivity contribution in [2.24, 2.45) is 0 Å². The van der Waals surface area contributed by atoms with Crippen LogP contribution in [0.3, 0.4) is 0 Å². The Morgan fingerprint density at radius 3 is 1.67 bits per heavy atom. The summed E-state index contributed by atoms with van der Waals surface area (Å²) < 4.78 is 13.5. The first-order chi connectivity index (χ1) is 19.3. The first kappa shape index (κ1) is 22.0. The Labute approximate surface area is 228 Å². The quantitative estimate of drug-likeness (QED) is 0.236. The molecule has 2 nitrogen and oxygen atoms in total. The van der Waals surface area contributed by atoms with E-state index in [1.807, 2.05) is 18.2 Å². The summed E-state index contributed by atoms with van der Waals surface area (Å²) in [5.41, 5.74) is 10.2. The standard InChI is InChI=1S/C36H23BO2/c1-4-11-24(12-5-1)27-19-20-30-32(21-27)38-33-22-28(25-13-6-2-7-14-25)23-34-35(33)37(30)31-18-10-17-29(36(31)39-34)26-15-8-3-9-16-26/h1-23H. The van der Waals surface area contributed by atoms with E-state index in [0.29, 0.717) is 0 Å². The van der Waals surface area contributed by atoms with Crippen LogP contribution in [0.4, 0.5) is 0 Å². The van der Waals surface area contributed by atoms with Crippen molar-refractivity contribution < 1.29 is 9.47 Å². The van der Waals surface area contributed by atoms with Crippen molar-refractivity contribution in [3.63, 3.8) is 0 Å². The molecule has 0 radical (unpaired) electrons. The molecule has 0 atom stereocenters. The second kappa shape index (κ2) is 8.78. The van der Waals surface area contributed by atoms with Crippen molar-refractivity contribution >= 4 is 23.1 Å². The third kappa shape index (κ3) is 3.59. The predicted molar refractivity (Wildman–Crippen MR) is 160 cm³/mol. The third-order valence-electron chi connectivity index (χ3n) is 7.80. The van der Waals surface area contributed by atoms with E-state index in [2.05, 4.69) is 121 Å². The normalized spacial score (nSPS) is 12.5. The summed E-state index contributed by atoms with van der Waals surface area (Å²) in [6.07, 6.45) is 0. The summed E-state index contributed by atoms with van der Waals surface area (Å²) in [4.78, 5) is 0. The van der Waals surface area contributed by atoms with Gasteiger partial charge in [0, 0.05) is 11.0 Å². The van der Waals surface area contributed by atoms with Crippen molar-refractivity contribution in [2.45, 2.75) is 0 Å². The Morgan fingerprint density at radius 1 is 0.385 bits per heavy atom. The van der Waals surface area contributed by atoms with Gasteiger partial charge >= 0.3 is 0 Å². The van der Waals surface area contributed by atoms with Gasteiger partial charge in [0.1, 0.15) is 23.0 Å². The maximum atomic E-state index is 6.80. The van der Waals surface area contributed by atoms with Gasteiger partial charge in [-0.2, -0.15) is 0 Å². The lowest BCUT2D eigenvalue weighted by Crippen LogP contribution is -2.57. The van der Waals surface area contributed by atoms with E-state index in [9.17, 15) is 0 Å². The van der Waals surface area contributed by atoms with Gasteiger partial charge in [0.2, 0.25) is 0 Å². The highest BCUT2D eigenvalue weighted by atomic mass is 16.5. The first-order valence-corrected chi connectivity index (χ1v) is 13.3. The lowest BCUT2D eigenvalue weighted by molar-refractivity contribution is 0.466. The average Bonchev–Trinajstić information content (AvgIpc) is 3.01. The zero-order valence-corrected chi connectivity index (χ0v) is 21.2. The van der Waals surface area contributed by atoms with E-state index in [-0.39, 0.29) is 6.71 Å². The van der Waals surface area contributed by atoms with Crippen molar-refractivity contribution in [3.05, 3.63) is 140 Å².